The van der Waals surface area contributed by atoms with Crippen molar-refractivity contribution in [2.75, 3.05) is 19.5 Å². The summed E-state index contributed by atoms with van der Waals surface area (Å²) in [4.78, 5) is 21.2. The molecule has 0 heterocycles. The number of rotatable bonds is 7. The van der Waals surface area contributed by atoms with Crippen molar-refractivity contribution in [2.24, 2.45) is 5.73 Å². The summed E-state index contributed by atoms with van der Waals surface area (Å²) in [5, 5.41) is 8.36. The number of carboxylic acids is 1. The molecule has 0 fully saturated rings. The zero-order valence-electron chi connectivity index (χ0n) is 8.58. The molecule has 0 aliphatic heterocycles. The normalized spacial score (nSPS) is 13.1. The predicted octanol–water partition coefficient (Wildman–Crippen LogP) is -1.69. The first-order valence-corrected chi connectivity index (χ1v) is 5.78. The maximum atomic E-state index is 10.9. The Kier molecular flexibility index (Phi) is 5.93. The number of nitrogens with two attached hydrogens (primary N) is 1. The fourth-order valence-electron chi connectivity index (χ4n) is 0.618. The van der Waals surface area contributed by atoms with Gasteiger partial charge in [0.2, 0.25) is 0 Å². The lowest BCUT2D eigenvalue weighted by Crippen LogP contribution is -2.35. The number of hydrogen-bond donors (Lipinski definition) is 2. The van der Waals surface area contributed by atoms with Crippen LogP contribution in [-0.2, 0) is 28.6 Å². The van der Waals surface area contributed by atoms with E-state index in [1.54, 1.807) is 0 Å². The van der Waals surface area contributed by atoms with E-state index >= 15 is 0 Å². The fourth-order valence-corrected chi connectivity index (χ4v) is 1.20. The van der Waals surface area contributed by atoms with Gasteiger partial charge >= 0.3 is 11.9 Å². The van der Waals surface area contributed by atoms with Crippen LogP contribution in [0.5, 0.6) is 0 Å². The molecule has 16 heavy (non-hydrogen) atoms. The quantitative estimate of drug-likeness (QED) is 0.406. The third kappa shape index (κ3) is 6.32. The van der Waals surface area contributed by atoms with Crippen LogP contribution < -0.4 is 5.73 Å². The first-order valence-electron chi connectivity index (χ1n) is 4.21. The lowest BCUT2D eigenvalue weighted by atomic mass is 10.3. The van der Waals surface area contributed by atoms with Gasteiger partial charge in [-0.3, -0.25) is 13.8 Å². The standard InChI is InChI=1S/C7H13NO7S/c1-14-16(12,13)3-2-6(9)15-4-5(8)7(10)11/h5H,2-4,8H2,1H3,(H,10,11). The van der Waals surface area contributed by atoms with E-state index in [0.29, 0.717) is 0 Å². The number of carbonyl (C=O) groups is 2. The molecule has 0 aromatic carbocycles. The van der Waals surface area contributed by atoms with Crippen molar-refractivity contribution in [1.29, 1.82) is 0 Å². The maximum Gasteiger partial charge on any atom is 0.324 e. The number of carbonyl (C=O) groups excluding carboxylic acids is 1. The lowest BCUT2D eigenvalue weighted by Gasteiger charge is -2.07. The van der Waals surface area contributed by atoms with Crippen LogP contribution in [0.2, 0.25) is 0 Å². The highest BCUT2D eigenvalue weighted by Crippen LogP contribution is 1.96. The van der Waals surface area contributed by atoms with Crippen LogP contribution in [0.3, 0.4) is 0 Å². The van der Waals surface area contributed by atoms with Crippen molar-refractivity contribution in [2.45, 2.75) is 12.5 Å². The zero-order valence-corrected chi connectivity index (χ0v) is 9.40. The molecule has 94 valence electrons. The van der Waals surface area contributed by atoms with Gasteiger partial charge in [-0.2, -0.15) is 8.42 Å². The minimum Gasteiger partial charge on any atom is -0.480 e. The molecule has 0 aliphatic carbocycles. The largest absolute Gasteiger partial charge is 0.480 e. The summed E-state index contributed by atoms with van der Waals surface area (Å²) < 4.78 is 30.1. The zero-order chi connectivity index (χ0) is 12.8. The average molecular weight is 255 g/mol. The third-order valence-electron chi connectivity index (χ3n) is 1.55. The summed E-state index contributed by atoms with van der Waals surface area (Å²) in [6.45, 7) is -0.499. The van der Waals surface area contributed by atoms with Crippen molar-refractivity contribution in [3.63, 3.8) is 0 Å². The molecule has 1 atom stereocenters. The molecule has 1 unspecified atom stereocenters. The average Bonchev–Trinajstić information content (AvgIpc) is 2.23. The SMILES string of the molecule is COS(=O)(=O)CCC(=O)OCC(N)C(=O)O. The Bertz CT molecular complexity index is 350. The van der Waals surface area contributed by atoms with Crippen LogP contribution >= 0.6 is 0 Å². The van der Waals surface area contributed by atoms with Crippen molar-refractivity contribution < 1.29 is 32.0 Å². The van der Waals surface area contributed by atoms with Crippen LogP contribution in [0, 0.1) is 0 Å². The molecule has 8 nitrogen and oxygen atoms in total. The highest BCUT2D eigenvalue weighted by atomic mass is 32.2. The van der Waals surface area contributed by atoms with E-state index in [4.69, 9.17) is 10.8 Å². The summed E-state index contributed by atoms with van der Waals surface area (Å²) in [5.41, 5.74) is 5.05. The first-order chi connectivity index (χ1) is 7.28. The molecule has 9 heteroatoms. The van der Waals surface area contributed by atoms with Gasteiger partial charge in [0, 0.05) is 0 Å². The van der Waals surface area contributed by atoms with E-state index in [-0.39, 0.29) is 0 Å². The van der Waals surface area contributed by atoms with E-state index in [2.05, 4.69) is 8.92 Å². The number of aliphatic carboxylic acids is 1. The summed E-state index contributed by atoms with van der Waals surface area (Å²) >= 11 is 0. The summed E-state index contributed by atoms with van der Waals surface area (Å²) in [6, 6.07) is -1.32. The molecule has 0 bridgehead atoms. The monoisotopic (exact) mass is 255 g/mol. The molecule has 0 radical (unpaired) electrons. The van der Waals surface area contributed by atoms with Gasteiger partial charge in [-0.15, -0.1) is 0 Å². The van der Waals surface area contributed by atoms with Crippen molar-refractivity contribution in [1.82, 2.24) is 0 Å². The van der Waals surface area contributed by atoms with Crippen LogP contribution in [-0.4, -0.2) is 51.0 Å². The molecule has 0 saturated carbocycles. The molecule has 0 spiro atoms. The molecular formula is C7H13NO7S. The van der Waals surface area contributed by atoms with Gasteiger partial charge in [-0.1, -0.05) is 0 Å². The molecule has 3 N–H and O–H groups in total. The Morgan fingerprint density at radius 1 is 1.44 bits per heavy atom. The van der Waals surface area contributed by atoms with Crippen molar-refractivity contribution >= 4 is 22.1 Å². The summed E-state index contributed by atoms with van der Waals surface area (Å²) in [5.74, 6) is -2.68. The minimum atomic E-state index is -3.72. The second kappa shape index (κ2) is 6.40. The van der Waals surface area contributed by atoms with Gasteiger partial charge in [0.15, 0.2) is 0 Å². The minimum absolute atomic E-state index is 0.414. The van der Waals surface area contributed by atoms with E-state index in [1.807, 2.05) is 0 Å². The highest BCUT2D eigenvalue weighted by molar-refractivity contribution is 7.86. The van der Waals surface area contributed by atoms with Crippen molar-refractivity contribution in [3.8, 4) is 0 Å². The van der Waals surface area contributed by atoms with Gasteiger partial charge in [-0.25, -0.2) is 0 Å². The highest BCUT2D eigenvalue weighted by Gasteiger charge is 2.16. The van der Waals surface area contributed by atoms with Gasteiger partial charge in [0.05, 0.1) is 19.3 Å². The predicted molar refractivity (Wildman–Crippen MR) is 52.0 cm³/mol. The van der Waals surface area contributed by atoms with Crippen LogP contribution in [0.1, 0.15) is 6.42 Å². The van der Waals surface area contributed by atoms with Crippen molar-refractivity contribution in [3.05, 3.63) is 0 Å². The summed E-state index contributed by atoms with van der Waals surface area (Å²) in [6.07, 6.45) is -0.414. The molecular weight excluding hydrogens is 242 g/mol. The van der Waals surface area contributed by atoms with Gasteiger partial charge in [0.25, 0.3) is 10.1 Å². The Hall–Kier alpha value is -1.19. The van der Waals surface area contributed by atoms with Gasteiger partial charge in [0.1, 0.15) is 12.6 Å². The molecule has 0 aliphatic rings. The Labute approximate surface area is 92.4 Å². The van der Waals surface area contributed by atoms with Crippen LogP contribution in [0.4, 0.5) is 0 Å². The number of ether oxygens (including phenoxy) is 1. The fraction of sp³-hybridized carbons (Fsp3) is 0.714. The van der Waals surface area contributed by atoms with E-state index < -0.39 is 46.9 Å². The van der Waals surface area contributed by atoms with Crippen LogP contribution in [0.15, 0.2) is 0 Å². The van der Waals surface area contributed by atoms with E-state index in [9.17, 15) is 18.0 Å². The maximum absolute atomic E-state index is 10.9. The Morgan fingerprint density at radius 3 is 2.44 bits per heavy atom. The molecule has 0 aromatic heterocycles. The number of carboxylic acid groups (broad SMARTS) is 1. The number of hydrogen-bond acceptors (Lipinski definition) is 7. The molecule has 0 aromatic rings. The molecule has 0 rings (SSSR count). The van der Waals surface area contributed by atoms with Crippen LogP contribution in [0.25, 0.3) is 0 Å². The Morgan fingerprint density at radius 2 is 2.00 bits per heavy atom. The summed E-state index contributed by atoms with van der Waals surface area (Å²) in [7, 11) is -2.74. The third-order valence-corrected chi connectivity index (χ3v) is 2.76. The van der Waals surface area contributed by atoms with E-state index in [0.717, 1.165) is 7.11 Å². The lowest BCUT2D eigenvalue weighted by molar-refractivity contribution is -0.147. The topological polar surface area (TPSA) is 133 Å². The van der Waals surface area contributed by atoms with Gasteiger partial charge < -0.3 is 15.6 Å². The first kappa shape index (κ1) is 14.8. The second-order valence-electron chi connectivity index (χ2n) is 2.81. The smallest absolute Gasteiger partial charge is 0.324 e. The Balaban J connectivity index is 3.89. The molecule has 0 saturated heterocycles. The second-order valence-corrected chi connectivity index (χ2v) is 4.66. The molecule has 0 amide bonds. The number of esters is 1. The van der Waals surface area contributed by atoms with Gasteiger partial charge in [-0.05, 0) is 0 Å². The van der Waals surface area contributed by atoms with E-state index in [1.165, 1.54) is 0 Å².